The molecule has 0 aliphatic carbocycles. The van der Waals surface area contributed by atoms with E-state index < -0.39 is 0 Å². The van der Waals surface area contributed by atoms with Crippen molar-refractivity contribution in [1.29, 1.82) is 0 Å². The molecule has 0 rings (SSSR count). The molecule has 3 nitrogen and oxygen atoms in total. The molecule has 0 unspecified atom stereocenters. The van der Waals surface area contributed by atoms with Gasteiger partial charge in [-0.15, -0.1) is 0 Å². The van der Waals surface area contributed by atoms with Crippen molar-refractivity contribution in [3.8, 4) is 0 Å². The molecule has 0 aromatic carbocycles. The van der Waals surface area contributed by atoms with Gasteiger partial charge in [0.1, 0.15) is 0 Å². The van der Waals surface area contributed by atoms with Crippen LogP contribution in [0.1, 0.15) is 90.4 Å². The van der Waals surface area contributed by atoms with Crippen molar-refractivity contribution in [1.82, 2.24) is 5.32 Å². The highest BCUT2D eigenvalue weighted by molar-refractivity contribution is 5.73. The largest absolute Gasteiger partial charge is 0.370 e. The zero-order chi connectivity index (χ0) is 14.9. The van der Waals surface area contributed by atoms with Gasteiger partial charge >= 0.3 is 0 Å². The fourth-order valence-electron chi connectivity index (χ4n) is 2.43. The lowest BCUT2D eigenvalue weighted by Gasteiger charge is -2.04. The van der Waals surface area contributed by atoms with Gasteiger partial charge in [0.05, 0.1) is 0 Å². The number of carbonyl (C=O) groups excluding carboxylic acids is 1. The molecule has 0 bridgehead atoms. The Morgan fingerprint density at radius 1 is 0.750 bits per heavy atom. The Labute approximate surface area is 126 Å². The summed E-state index contributed by atoms with van der Waals surface area (Å²) in [5, 5.41) is 3.25. The van der Waals surface area contributed by atoms with Gasteiger partial charge in [-0.2, -0.15) is 0 Å². The summed E-state index contributed by atoms with van der Waals surface area (Å²) >= 11 is 0. The second kappa shape index (κ2) is 16.5. The Bertz CT molecular complexity index is 207. The summed E-state index contributed by atoms with van der Waals surface area (Å²) in [6.07, 6.45) is 17.0. The molecule has 0 fully saturated rings. The van der Waals surface area contributed by atoms with E-state index in [0.29, 0.717) is 6.42 Å². The Balaban J connectivity index is 2.94. The highest BCUT2D eigenvalue weighted by atomic mass is 16.1. The third-order valence-electron chi connectivity index (χ3n) is 3.76. The predicted molar refractivity (Wildman–Crippen MR) is 87.8 cm³/mol. The highest BCUT2D eigenvalue weighted by Crippen LogP contribution is 2.11. The maximum absolute atomic E-state index is 10.5. The summed E-state index contributed by atoms with van der Waals surface area (Å²) in [5.74, 6) is -0.216. The lowest BCUT2D eigenvalue weighted by atomic mass is 10.1. The first kappa shape index (κ1) is 19.4. The van der Waals surface area contributed by atoms with Crippen LogP contribution in [-0.4, -0.2) is 19.0 Å². The Kier molecular flexibility index (Phi) is 16.0. The van der Waals surface area contributed by atoms with Crippen LogP contribution in [0.25, 0.3) is 0 Å². The van der Waals surface area contributed by atoms with Crippen molar-refractivity contribution in [3.63, 3.8) is 0 Å². The van der Waals surface area contributed by atoms with Crippen LogP contribution in [-0.2, 0) is 4.79 Å². The molecule has 0 saturated heterocycles. The van der Waals surface area contributed by atoms with Crippen molar-refractivity contribution < 1.29 is 4.79 Å². The lowest BCUT2D eigenvalue weighted by molar-refractivity contribution is -0.117. The molecular weight excluding hydrogens is 248 g/mol. The molecule has 120 valence electrons. The molecule has 1 amide bonds. The van der Waals surface area contributed by atoms with Gasteiger partial charge in [0.15, 0.2) is 0 Å². The average molecular weight is 284 g/mol. The molecular formula is C17H36N2O. The van der Waals surface area contributed by atoms with Crippen LogP contribution in [0, 0.1) is 0 Å². The number of amides is 1. The third-order valence-corrected chi connectivity index (χ3v) is 3.76. The quantitative estimate of drug-likeness (QED) is 0.418. The van der Waals surface area contributed by atoms with Gasteiger partial charge < -0.3 is 11.1 Å². The highest BCUT2D eigenvalue weighted by Gasteiger charge is 1.95. The molecule has 0 spiro atoms. The fraction of sp³-hybridized carbons (Fsp3) is 0.941. The van der Waals surface area contributed by atoms with Crippen LogP contribution in [0.2, 0.25) is 0 Å². The molecule has 0 aliphatic rings. The van der Waals surface area contributed by atoms with E-state index in [2.05, 4.69) is 12.2 Å². The molecule has 0 aliphatic heterocycles. The summed E-state index contributed by atoms with van der Waals surface area (Å²) in [6.45, 7) is 4.02. The van der Waals surface area contributed by atoms with Crippen LogP contribution >= 0.6 is 0 Å². The molecule has 0 aromatic heterocycles. The molecule has 0 saturated carbocycles. The minimum absolute atomic E-state index is 0.216. The maximum Gasteiger partial charge on any atom is 0.218 e. The molecule has 0 heterocycles. The zero-order valence-corrected chi connectivity index (χ0v) is 13.6. The Morgan fingerprint density at radius 2 is 1.20 bits per heavy atom. The summed E-state index contributed by atoms with van der Waals surface area (Å²) in [6, 6.07) is 0. The first-order chi connectivity index (χ1) is 9.77. The van der Waals surface area contributed by atoms with E-state index in [1.165, 1.54) is 77.0 Å². The number of unbranched alkanes of at least 4 members (excludes halogenated alkanes) is 11. The van der Waals surface area contributed by atoms with E-state index in [-0.39, 0.29) is 5.91 Å². The molecule has 0 radical (unpaired) electrons. The van der Waals surface area contributed by atoms with Crippen molar-refractivity contribution in [2.45, 2.75) is 90.4 Å². The number of carbonyl (C=O) groups is 1. The summed E-state index contributed by atoms with van der Waals surface area (Å²) < 4.78 is 0. The van der Waals surface area contributed by atoms with Crippen LogP contribution in [0.3, 0.4) is 0 Å². The number of rotatable bonds is 16. The minimum atomic E-state index is -0.216. The molecule has 0 atom stereocenters. The maximum atomic E-state index is 10.5. The molecule has 20 heavy (non-hydrogen) atoms. The summed E-state index contributed by atoms with van der Waals surface area (Å²) in [7, 11) is 0. The van der Waals surface area contributed by atoms with Gasteiger partial charge in [-0.05, 0) is 13.0 Å². The number of nitrogens with one attached hydrogen (secondary N) is 1. The number of hydrogen-bond donors (Lipinski definition) is 2. The summed E-state index contributed by atoms with van der Waals surface area (Å²) in [4.78, 5) is 10.5. The van der Waals surface area contributed by atoms with Gasteiger partial charge in [0, 0.05) is 13.0 Å². The number of primary amides is 1. The van der Waals surface area contributed by atoms with E-state index in [4.69, 9.17) is 5.73 Å². The summed E-state index contributed by atoms with van der Waals surface area (Å²) in [5.41, 5.74) is 5.07. The van der Waals surface area contributed by atoms with E-state index in [1.54, 1.807) is 0 Å². The van der Waals surface area contributed by atoms with E-state index in [1.807, 2.05) is 0 Å². The monoisotopic (exact) mass is 284 g/mol. The van der Waals surface area contributed by atoms with Gasteiger partial charge in [-0.3, -0.25) is 4.79 Å². The Hall–Kier alpha value is -0.570. The van der Waals surface area contributed by atoms with Crippen molar-refractivity contribution in [2.75, 3.05) is 13.1 Å². The normalized spacial score (nSPS) is 10.8. The van der Waals surface area contributed by atoms with Crippen LogP contribution in [0.15, 0.2) is 0 Å². The van der Waals surface area contributed by atoms with E-state index in [9.17, 15) is 4.79 Å². The standard InChI is InChI=1S/C17H36N2O/c1-2-3-4-5-6-7-8-9-10-11-12-13-15-19-16-14-17(18)20/h19H,2-16H2,1H3,(H2,18,20). The van der Waals surface area contributed by atoms with E-state index in [0.717, 1.165) is 13.1 Å². The Morgan fingerprint density at radius 3 is 1.65 bits per heavy atom. The first-order valence-electron chi connectivity index (χ1n) is 8.76. The van der Waals surface area contributed by atoms with Crippen LogP contribution in [0.4, 0.5) is 0 Å². The van der Waals surface area contributed by atoms with Crippen molar-refractivity contribution >= 4 is 5.91 Å². The fourth-order valence-corrected chi connectivity index (χ4v) is 2.43. The third kappa shape index (κ3) is 17.4. The first-order valence-corrected chi connectivity index (χ1v) is 8.76. The van der Waals surface area contributed by atoms with Gasteiger partial charge in [-0.1, -0.05) is 77.6 Å². The average Bonchev–Trinajstić information content (AvgIpc) is 2.43. The van der Waals surface area contributed by atoms with Crippen molar-refractivity contribution in [2.24, 2.45) is 5.73 Å². The molecule has 0 aromatic rings. The topological polar surface area (TPSA) is 55.1 Å². The molecule has 3 heteroatoms. The predicted octanol–water partition coefficient (Wildman–Crippen LogP) is 4.15. The van der Waals surface area contributed by atoms with Crippen LogP contribution < -0.4 is 11.1 Å². The number of nitrogens with two attached hydrogens (primary N) is 1. The zero-order valence-electron chi connectivity index (χ0n) is 13.6. The lowest BCUT2D eigenvalue weighted by Crippen LogP contribution is -2.22. The molecule has 3 N–H and O–H groups in total. The number of hydrogen-bond acceptors (Lipinski definition) is 2. The van der Waals surface area contributed by atoms with Gasteiger partial charge in [0.25, 0.3) is 0 Å². The van der Waals surface area contributed by atoms with Gasteiger partial charge in [0.2, 0.25) is 5.91 Å². The van der Waals surface area contributed by atoms with Crippen LogP contribution in [0.5, 0.6) is 0 Å². The SMILES string of the molecule is CCCCCCCCCCCCCCNCCC(N)=O. The minimum Gasteiger partial charge on any atom is -0.370 e. The second-order valence-corrected chi connectivity index (χ2v) is 5.86. The van der Waals surface area contributed by atoms with Crippen molar-refractivity contribution in [3.05, 3.63) is 0 Å². The van der Waals surface area contributed by atoms with E-state index >= 15 is 0 Å². The smallest absolute Gasteiger partial charge is 0.218 e. The van der Waals surface area contributed by atoms with Gasteiger partial charge in [-0.25, -0.2) is 0 Å². The second-order valence-electron chi connectivity index (χ2n) is 5.86.